The molecule has 3 heterocycles. The zero-order chi connectivity index (χ0) is 50.1. The van der Waals surface area contributed by atoms with E-state index in [0.717, 1.165) is 0 Å². The van der Waals surface area contributed by atoms with Crippen molar-refractivity contribution in [1.82, 2.24) is 19.9 Å². The Labute approximate surface area is 397 Å². The number of carbonyl (C=O) groups is 5. The number of nitrogens with zero attached hydrogens (tertiary/aromatic N) is 4. The molecule has 15 nitrogen and oxygen atoms in total. The number of esters is 2. The summed E-state index contributed by atoms with van der Waals surface area (Å²) in [5.74, 6) is -5.08. The van der Waals surface area contributed by atoms with Gasteiger partial charge in [0, 0.05) is 36.2 Å². The second-order valence-electron chi connectivity index (χ2n) is 18.8. The molecule has 1 aromatic heterocycles. The molecule has 2 aliphatic rings. The molecule has 2 fully saturated rings. The van der Waals surface area contributed by atoms with E-state index in [0.29, 0.717) is 55.5 Å². The fraction of sp³-hybridized carbons (Fsp3) is 0.620. The SMILES string of the molecule is CC[C@H](O[C@H]1[C@H](C)C[C@@H](C)C[C@@H](C)C(=O)[C@H](C)[C@@H]2N(CCCCn3cc(-c4cccc(NC(=O)C(F)(F)F)c4)nn3)C(=O)O[C@]2(C)[C@@H](CC)OC(=O)[C@@H]1C)O[C@@H](C)[C@@H](C)OC(=O)c1ccccc1. The summed E-state index contributed by atoms with van der Waals surface area (Å²) >= 11 is 0. The highest BCUT2D eigenvalue weighted by molar-refractivity contribution is 5.95. The van der Waals surface area contributed by atoms with Gasteiger partial charge in [-0.1, -0.05) is 77.1 Å². The minimum Gasteiger partial charge on any atom is -0.458 e. The van der Waals surface area contributed by atoms with E-state index < -0.39 is 84.3 Å². The number of nitrogens with one attached hydrogen (secondary N) is 1. The molecule has 0 aliphatic carbocycles. The fourth-order valence-corrected chi connectivity index (χ4v) is 9.62. The predicted octanol–water partition coefficient (Wildman–Crippen LogP) is 9.44. The second-order valence-corrected chi connectivity index (χ2v) is 18.8. The highest BCUT2D eigenvalue weighted by Crippen LogP contribution is 2.42. The molecule has 18 heteroatoms. The highest BCUT2D eigenvalue weighted by Gasteiger charge is 2.59. The van der Waals surface area contributed by atoms with Crippen molar-refractivity contribution in [2.45, 2.75) is 163 Å². The molecule has 1 N–H and O–H groups in total. The number of cyclic esters (lactones) is 1. The third kappa shape index (κ3) is 13.2. The lowest BCUT2D eigenvalue weighted by molar-refractivity contribution is -0.228. The largest absolute Gasteiger partial charge is 0.471 e. The zero-order valence-electron chi connectivity index (χ0n) is 40.8. The van der Waals surface area contributed by atoms with E-state index in [9.17, 15) is 37.1 Å². The van der Waals surface area contributed by atoms with Gasteiger partial charge < -0.3 is 33.9 Å². The molecular weight excluding hydrogens is 888 g/mol. The Morgan fingerprint density at radius 1 is 0.926 bits per heavy atom. The maximum absolute atomic E-state index is 14.4. The number of hydrogen-bond donors (Lipinski definition) is 1. The molecule has 68 heavy (non-hydrogen) atoms. The van der Waals surface area contributed by atoms with Crippen molar-refractivity contribution < 1.29 is 60.8 Å². The van der Waals surface area contributed by atoms with Crippen molar-refractivity contribution >= 4 is 35.4 Å². The predicted molar refractivity (Wildman–Crippen MR) is 246 cm³/mol. The van der Waals surface area contributed by atoms with Crippen molar-refractivity contribution in [3.63, 3.8) is 0 Å². The van der Waals surface area contributed by atoms with Gasteiger partial charge in [0.05, 0.1) is 35.9 Å². The van der Waals surface area contributed by atoms with Crippen molar-refractivity contribution in [2.75, 3.05) is 11.9 Å². The molecule has 2 amide bonds. The summed E-state index contributed by atoms with van der Waals surface area (Å²) in [7, 11) is 0. The Hall–Kier alpha value is -5.36. The van der Waals surface area contributed by atoms with Gasteiger partial charge in [-0.15, -0.1) is 5.10 Å². The van der Waals surface area contributed by atoms with Gasteiger partial charge in [-0.3, -0.25) is 19.1 Å². The first-order chi connectivity index (χ1) is 32.1. The molecule has 2 saturated heterocycles. The number of ketones is 1. The highest BCUT2D eigenvalue weighted by atomic mass is 19.4. The molecule has 3 aromatic rings. The minimum absolute atomic E-state index is 0.0314. The number of alkyl halides is 3. The van der Waals surface area contributed by atoms with Crippen LogP contribution in [0.4, 0.5) is 23.7 Å². The summed E-state index contributed by atoms with van der Waals surface area (Å²) in [6, 6.07) is 13.8. The number of hydrogen-bond acceptors (Lipinski definition) is 12. The molecule has 2 aromatic carbocycles. The average Bonchev–Trinajstić information content (AvgIpc) is 3.88. The molecule has 0 saturated carbocycles. The molecule has 12 atom stereocenters. The van der Waals surface area contributed by atoms with Crippen LogP contribution < -0.4 is 5.32 Å². The number of fused-ring (bicyclic) bond motifs is 1. The van der Waals surface area contributed by atoms with Gasteiger partial charge in [-0.25, -0.2) is 9.59 Å². The van der Waals surface area contributed by atoms with Crippen LogP contribution in [0, 0.1) is 29.6 Å². The van der Waals surface area contributed by atoms with Gasteiger partial charge in [-0.05, 0) is 102 Å². The van der Waals surface area contributed by atoms with Crippen LogP contribution in [0.2, 0.25) is 0 Å². The maximum atomic E-state index is 14.4. The summed E-state index contributed by atoms with van der Waals surface area (Å²) in [6.45, 7) is 19.2. The monoisotopic (exact) mass is 955 g/mol. The Balaban J connectivity index is 1.30. The van der Waals surface area contributed by atoms with Gasteiger partial charge in [0.25, 0.3) is 0 Å². The number of carbonyl (C=O) groups excluding carboxylic acids is 5. The van der Waals surface area contributed by atoms with Gasteiger partial charge in [0.1, 0.15) is 23.7 Å². The van der Waals surface area contributed by atoms with Crippen molar-refractivity contribution in [2.24, 2.45) is 29.6 Å². The minimum atomic E-state index is -5.04. The van der Waals surface area contributed by atoms with E-state index in [4.69, 9.17) is 23.7 Å². The summed E-state index contributed by atoms with van der Waals surface area (Å²) in [4.78, 5) is 68.6. The number of amides is 2. The van der Waals surface area contributed by atoms with Crippen LogP contribution in [0.15, 0.2) is 60.8 Å². The van der Waals surface area contributed by atoms with Crippen LogP contribution in [-0.4, -0.2) is 105 Å². The van der Waals surface area contributed by atoms with Crippen LogP contribution >= 0.6 is 0 Å². The van der Waals surface area contributed by atoms with Gasteiger partial charge in [0.2, 0.25) is 0 Å². The Morgan fingerprint density at radius 2 is 1.62 bits per heavy atom. The van der Waals surface area contributed by atoms with Crippen molar-refractivity contribution in [1.29, 1.82) is 0 Å². The van der Waals surface area contributed by atoms with Crippen LogP contribution in [0.5, 0.6) is 0 Å². The number of unbranched alkanes of at least 4 members (excludes halogenated alkanes) is 1. The molecule has 0 radical (unpaired) electrons. The van der Waals surface area contributed by atoms with Crippen molar-refractivity contribution in [3.05, 3.63) is 66.4 Å². The Kier molecular flexibility index (Phi) is 18.4. The first-order valence-electron chi connectivity index (χ1n) is 23.8. The lowest BCUT2D eigenvalue weighted by atomic mass is 9.75. The lowest BCUT2D eigenvalue weighted by Gasteiger charge is -2.41. The molecule has 374 valence electrons. The maximum Gasteiger partial charge on any atom is 0.471 e. The Morgan fingerprint density at radius 3 is 2.28 bits per heavy atom. The van der Waals surface area contributed by atoms with Crippen LogP contribution in [0.25, 0.3) is 11.3 Å². The van der Waals surface area contributed by atoms with E-state index >= 15 is 0 Å². The fourth-order valence-electron chi connectivity index (χ4n) is 9.62. The number of rotatable bonds is 16. The Bertz CT molecular complexity index is 2190. The summed E-state index contributed by atoms with van der Waals surface area (Å²) in [6.07, 6.45) is -4.64. The normalized spacial score (nSPS) is 27.5. The average molecular weight is 956 g/mol. The van der Waals surface area contributed by atoms with Crippen LogP contribution in [-0.2, 0) is 44.6 Å². The van der Waals surface area contributed by atoms with Crippen LogP contribution in [0.1, 0.15) is 118 Å². The lowest BCUT2D eigenvalue weighted by Crippen LogP contribution is -2.58. The van der Waals surface area contributed by atoms with Gasteiger partial charge in [0.15, 0.2) is 11.9 Å². The third-order valence-corrected chi connectivity index (χ3v) is 13.3. The smallest absolute Gasteiger partial charge is 0.458 e. The van der Waals surface area contributed by atoms with E-state index in [-0.39, 0.29) is 42.2 Å². The quantitative estimate of drug-likeness (QED) is 0.0624. The number of ether oxygens (including phenoxy) is 5. The van der Waals surface area contributed by atoms with E-state index in [1.807, 2.05) is 46.0 Å². The molecule has 0 spiro atoms. The summed E-state index contributed by atoms with van der Waals surface area (Å²) < 4.78 is 71.3. The van der Waals surface area contributed by atoms with Gasteiger partial charge >= 0.3 is 30.1 Å². The number of halogens is 3. The number of anilines is 1. The number of Topliss-reactive ketones (excluding diaryl/α,β-unsaturated/α-hetero) is 1. The molecule has 0 unspecified atom stereocenters. The van der Waals surface area contributed by atoms with E-state index in [1.165, 1.54) is 18.2 Å². The third-order valence-electron chi connectivity index (χ3n) is 13.3. The molecule has 0 bridgehead atoms. The first kappa shape index (κ1) is 53.6. The number of benzene rings is 2. The zero-order valence-corrected chi connectivity index (χ0v) is 40.8. The number of aromatic nitrogens is 3. The van der Waals surface area contributed by atoms with E-state index in [1.54, 1.807) is 73.8 Å². The molecular formula is C50H68F3N5O10. The first-order valence-corrected chi connectivity index (χ1v) is 23.8. The summed E-state index contributed by atoms with van der Waals surface area (Å²) in [5.41, 5.74) is -0.196. The van der Waals surface area contributed by atoms with Crippen LogP contribution in [0.3, 0.4) is 0 Å². The second kappa shape index (κ2) is 23.3. The summed E-state index contributed by atoms with van der Waals surface area (Å²) in [5, 5.41) is 10.2. The standard InChI is InChI=1S/C50H68F3N5O10/c1-11-40-49(10)44(58(48(63)68-49)24-17-16-23-57-28-39(55-56-57)37-21-18-22-38(27-37)54-47(62)50(51,52)53)32(6)42(59)30(4)25-29(3)26-31(5)43(33(7)45(60)66-40)67-41(12-2)64-34(8)35(9)65-46(61)36-19-14-13-15-20-36/h13-15,18-22,27-35,40-41,43-44H,11-12,16-17,23-26H2,1-10H3,(H,54,62)/t29-,30+,31+,32-,33+,34-,35+,40+,41-,43-,44-,49+/m0/s1. The van der Waals surface area contributed by atoms with Crippen molar-refractivity contribution in [3.8, 4) is 11.3 Å². The van der Waals surface area contributed by atoms with Gasteiger partial charge in [-0.2, -0.15) is 13.2 Å². The molecule has 5 rings (SSSR count). The molecule has 2 aliphatic heterocycles. The number of aryl methyl sites for hydroxylation is 1. The van der Waals surface area contributed by atoms with E-state index in [2.05, 4.69) is 17.2 Å². The topological polar surface area (TPSA) is 177 Å².